The molecular weight excluding hydrogens is 156 g/mol. The topological polar surface area (TPSA) is 41.6 Å². The molecule has 0 fully saturated rings. The van der Waals surface area contributed by atoms with Gasteiger partial charge >= 0.3 is 0 Å². The first kappa shape index (κ1) is 9.22. The highest BCUT2D eigenvalue weighted by atomic mass is 16.6. The summed E-state index contributed by atoms with van der Waals surface area (Å²) in [6.07, 6.45) is 2.89. The van der Waals surface area contributed by atoms with Gasteiger partial charge in [0.25, 0.3) is 5.91 Å². The molecule has 0 aromatic heterocycles. The minimum Gasteiger partial charge on any atom is -0.302 e. The Kier molecular flexibility index (Phi) is 3.25. The van der Waals surface area contributed by atoms with E-state index in [4.69, 9.17) is 0 Å². The molecule has 1 N–H and O–H groups in total. The second-order valence-electron chi connectivity index (χ2n) is 2.89. The summed E-state index contributed by atoms with van der Waals surface area (Å²) in [5.74, 6) is -0.135. The van der Waals surface area contributed by atoms with E-state index in [1.54, 1.807) is 0 Å². The molecule has 0 spiro atoms. The molecule has 1 aliphatic heterocycles. The fourth-order valence-electron chi connectivity index (χ4n) is 1.22. The maximum Gasteiger partial charge on any atom is 0.271 e. The molecule has 12 heavy (non-hydrogen) atoms. The maximum atomic E-state index is 11.2. The van der Waals surface area contributed by atoms with Crippen molar-refractivity contribution in [3.8, 4) is 0 Å². The highest BCUT2D eigenvalue weighted by Gasteiger charge is 2.14. The Morgan fingerprint density at radius 2 is 2.50 bits per heavy atom. The van der Waals surface area contributed by atoms with Crippen molar-refractivity contribution >= 4 is 5.91 Å². The van der Waals surface area contributed by atoms with Gasteiger partial charge in [-0.25, -0.2) is 5.48 Å². The van der Waals surface area contributed by atoms with Gasteiger partial charge in [-0.05, 0) is 13.5 Å². The third-order valence-corrected chi connectivity index (χ3v) is 1.83. The second kappa shape index (κ2) is 4.23. The third kappa shape index (κ3) is 2.32. The predicted molar refractivity (Wildman–Crippen MR) is 45.3 cm³/mol. The lowest BCUT2D eigenvalue weighted by Crippen LogP contribution is -2.33. The van der Waals surface area contributed by atoms with Crippen LogP contribution in [-0.4, -0.2) is 38.1 Å². The van der Waals surface area contributed by atoms with E-state index in [1.165, 1.54) is 7.11 Å². The van der Waals surface area contributed by atoms with Gasteiger partial charge in [0, 0.05) is 18.7 Å². The van der Waals surface area contributed by atoms with Gasteiger partial charge in [-0.1, -0.05) is 6.08 Å². The number of likely N-dealkylation sites (N-methyl/N-ethyl adjacent to an activating group) is 1. The molecule has 1 aliphatic rings. The number of nitrogens with one attached hydrogen (secondary N) is 1. The summed E-state index contributed by atoms with van der Waals surface area (Å²) in [6.45, 7) is 1.72. The second-order valence-corrected chi connectivity index (χ2v) is 2.89. The first-order chi connectivity index (χ1) is 5.74. The van der Waals surface area contributed by atoms with Crippen LogP contribution < -0.4 is 5.48 Å². The van der Waals surface area contributed by atoms with E-state index in [-0.39, 0.29) is 5.91 Å². The van der Waals surface area contributed by atoms with Crippen LogP contribution in [0.25, 0.3) is 0 Å². The number of hydroxylamine groups is 1. The van der Waals surface area contributed by atoms with E-state index in [0.717, 1.165) is 18.5 Å². The SMILES string of the molecule is CONC(=O)C1=CCCN(C)C1. The van der Waals surface area contributed by atoms with Gasteiger partial charge < -0.3 is 4.90 Å². The van der Waals surface area contributed by atoms with Crippen LogP contribution in [0.4, 0.5) is 0 Å². The Morgan fingerprint density at radius 3 is 3.08 bits per heavy atom. The summed E-state index contributed by atoms with van der Waals surface area (Å²) in [4.78, 5) is 17.8. The summed E-state index contributed by atoms with van der Waals surface area (Å²) >= 11 is 0. The molecule has 0 saturated heterocycles. The molecule has 0 unspecified atom stereocenters. The molecule has 0 bridgehead atoms. The van der Waals surface area contributed by atoms with Crippen LogP contribution in [0.1, 0.15) is 6.42 Å². The maximum absolute atomic E-state index is 11.2. The van der Waals surface area contributed by atoms with E-state index in [2.05, 4.69) is 15.2 Å². The third-order valence-electron chi connectivity index (χ3n) is 1.83. The number of rotatable bonds is 2. The molecule has 0 atom stereocenters. The monoisotopic (exact) mass is 170 g/mol. The predicted octanol–water partition coefficient (Wildman–Crippen LogP) is -0.0741. The van der Waals surface area contributed by atoms with Crippen LogP contribution >= 0.6 is 0 Å². The minimum atomic E-state index is -0.135. The normalized spacial score (nSPS) is 18.7. The van der Waals surface area contributed by atoms with E-state index < -0.39 is 0 Å². The van der Waals surface area contributed by atoms with E-state index in [0.29, 0.717) is 6.54 Å². The van der Waals surface area contributed by atoms with Crippen LogP contribution in [0.3, 0.4) is 0 Å². The number of hydrogen-bond donors (Lipinski definition) is 1. The van der Waals surface area contributed by atoms with Gasteiger partial charge in [-0.3, -0.25) is 9.63 Å². The fraction of sp³-hybridized carbons (Fsp3) is 0.625. The van der Waals surface area contributed by atoms with Crippen molar-refractivity contribution in [3.63, 3.8) is 0 Å². The molecule has 1 heterocycles. The largest absolute Gasteiger partial charge is 0.302 e. The summed E-state index contributed by atoms with van der Waals surface area (Å²) in [7, 11) is 3.43. The zero-order valence-corrected chi connectivity index (χ0v) is 7.46. The summed E-state index contributed by atoms with van der Waals surface area (Å²) in [6, 6.07) is 0. The average molecular weight is 170 g/mol. The summed E-state index contributed by atoms with van der Waals surface area (Å²) in [5.41, 5.74) is 3.08. The van der Waals surface area contributed by atoms with Crippen molar-refractivity contribution in [1.82, 2.24) is 10.4 Å². The molecule has 4 nitrogen and oxygen atoms in total. The molecule has 1 rings (SSSR count). The molecule has 0 radical (unpaired) electrons. The van der Waals surface area contributed by atoms with Gasteiger partial charge in [0.15, 0.2) is 0 Å². The Morgan fingerprint density at radius 1 is 1.75 bits per heavy atom. The number of carbonyl (C=O) groups is 1. The highest BCUT2D eigenvalue weighted by molar-refractivity contribution is 5.93. The van der Waals surface area contributed by atoms with E-state index in [1.807, 2.05) is 13.1 Å². The lowest BCUT2D eigenvalue weighted by Gasteiger charge is -2.21. The quantitative estimate of drug-likeness (QED) is 0.590. The lowest BCUT2D eigenvalue weighted by molar-refractivity contribution is -0.127. The minimum absolute atomic E-state index is 0.135. The lowest BCUT2D eigenvalue weighted by atomic mass is 10.1. The van der Waals surface area contributed by atoms with Crippen LogP contribution in [0.15, 0.2) is 11.6 Å². The van der Waals surface area contributed by atoms with Crippen molar-refractivity contribution in [2.75, 3.05) is 27.2 Å². The van der Waals surface area contributed by atoms with Crippen LogP contribution in [-0.2, 0) is 9.63 Å². The first-order valence-electron chi connectivity index (χ1n) is 3.95. The number of hydrogen-bond acceptors (Lipinski definition) is 3. The number of carbonyl (C=O) groups excluding carboxylic acids is 1. The molecular formula is C8H14N2O2. The van der Waals surface area contributed by atoms with Crippen molar-refractivity contribution in [2.24, 2.45) is 0 Å². The fourth-order valence-corrected chi connectivity index (χ4v) is 1.22. The molecule has 0 aromatic rings. The number of nitrogens with zero attached hydrogens (tertiary/aromatic N) is 1. The van der Waals surface area contributed by atoms with Gasteiger partial charge in [0.05, 0.1) is 7.11 Å². The zero-order valence-electron chi connectivity index (χ0n) is 7.46. The van der Waals surface area contributed by atoms with E-state index in [9.17, 15) is 4.79 Å². The smallest absolute Gasteiger partial charge is 0.271 e. The summed E-state index contributed by atoms with van der Waals surface area (Å²) in [5, 5.41) is 0. The molecule has 0 aliphatic carbocycles. The molecule has 4 heteroatoms. The molecule has 1 amide bonds. The van der Waals surface area contributed by atoms with Crippen LogP contribution in [0.5, 0.6) is 0 Å². The average Bonchev–Trinajstić information content (AvgIpc) is 2.05. The zero-order chi connectivity index (χ0) is 8.97. The van der Waals surface area contributed by atoms with Crippen molar-refractivity contribution < 1.29 is 9.63 Å². The van der Waals surface area contributed by atoms with Crippen molar-refractivity contribution in [3.05, 3.63) is 11.6 Å². The Hall–Kier alpha value is -0.870. The number of amides is 1. The highest BCUT2D eigenvalue weighted by Crippen LogP contribution is 2.06. The van der Waals surface area contributed by atoms with Crippen LogP contribution in [0.2, 0.25) is 0 Å². The Balaban J connectivity index is 2.50. The van der Waals surface area contributed by atoms with Crippen molar-refractivity contribution in [1.29, 1.82) is 0 Å². The van der Waals surface area contributed by atoms with E-state index >= 15 is 0 Å². The molecule has 0 aromatic carbocycles. The Bertz CT molecular complexity index is 201. The van der Waals surface area contributed by atoms with Crippen molar-refractivity contribution in [2.45, 2.75) is 6.42 Å². The standard InChI is InChI=1S/C8H14N2O2/c1-10-5-3-4-7(6-10)8(11)9-12-2/h4H,3,5-6H2,1-2H3,(H,9,11). The van der Waals surface area contributed by atoms with Gasteiger partial charge in [0.2, 0.25) is 0 Å². The van der Waals surface area contributed by atoms with Crippen LogP contribution in [0, 0.1) is 0 Å². The Labute approximate surface area is 72.1 Å². The summed E-state index contributed by atoms with van der Waals surface area (Å²) < 4.78 is 0. The van der Waals surface area contributed by atoms with Gasteiger partial charge in [-0.15, -0.1) is 0 Å². The van der Waals surface area contributed by atoms with Gasteiger partial charge in [-0.2, -0.15) is 0 Å². The molecule has 68 valence electrons. The first-order valence-corrected chi connectivity index (χ1v) is 3.95. The molecule has 0 saturated carbocycles. The van der Waals surface area contributed by atoms with Gasteiger partial charge in [0.1, 0.15) is 0 Å².